The van der Waals surface area contributed by atoms with Crippen molar-refractivity contribution in [2.75, 3.05) is 0 Å². The molecule has 2 aromatic rings. The highest BCUT2D eigenvalue weighted by molar-refractivity contribution is 9.10. The largest absolute Gasteiger partial charge is 0.460 e. The van der Waals surface area contributed by atoms with Gasteiger partial charge in [0.1, 0.15) is 11.5 Å². The molecule has 0 bridgehead atoms. The lowest BCUT2D eigenvalue weighted by atomic mass is 10.2. The van der Waals surface area contributed by atoms with E-state index < -0.39 is 0 Å². The van der Waals surface area contributed by atoms with Crippen LogP contribution in [-0.2, 0) is 6.54 Å². The number of furan rings is 1. The Labute approximate surface area is 103 Å². The fourth-order valence-corrected chi connectivity index (χ4v) is 1.52. The Morgan fingerprint density at radius 2 is 1.73 bits per heavy atom. The third-order valence-electron chi connectivity index (χ3n) is 1.99. The Balaban J connectivity index is 0.00000112. The molecule has 1 heterocycles. The van der Waals surface area contributed by atoms with Gasteiger partial charge in [-0.05, 0) is 24.3 Å². The molecule has 0 spiro atoms. The fourth-order valence-electron chi connectivity index (χ4n) is 1.26. The van der Waals surface area contributed by atoms with E-state index in [0.29, 0.717) is 6.54 Å². The summed E-state index contributed by atoms with van der Waals surface area (Å²) in [6.45, 7) is 0.441. The van der Waals surface area contributed by atoms with Crippen molar-refractivity contribution in [3.05, 3.63) is 46.6 Å². The Hall–Kier alpha value is -0.770. The number of rotatable bonds is 2. The Morgan fingerprint density at radius 1 is 1.07 bits per heavy atom. The van der Waals surface area contributed by atoms with Crippen LogP contribution in [0.2, 0.25) is 0 Å². The summed E-state index contributed by atoms with van der Waals surface area (Å²) < 4.78 is 6.58. The molecule has 2 N–H and O–H groups in total. The van der Waals surface area contributed by atoms with Gasteiger partial charge < -0.3 is 10.2 Å². The zero-order valence-corrected chi connectivity index (χ0v) is 10.3. The summed E-state index contributed by atoms with van der Waals surface area (Å²) in [7, 11) is 0. The van der Waals surface area contributed by atoms with Gasteiger partial charge in [0, 0.05) is 10.0 Å². The number of nitrogens with two attached hydrogens (primary N) is 1. The molecule has 0 aliphatic heterocycles. The van der Waals surface area contributed by atoms with E-state index in [9.17, 15) is 0 Å². The van der Waals surface area contributed by atoms with E-state index in [0.717, 1.165) is 21.6 Å². The van der Waals surface area contributed by atoms with E-state index in [4.69, 9.17) is 10.2 Å². The van der Waals surface area contributed by atoms with Crippen molar-refractivity contribution in [3.63, 3.8) is 0 Å². The second-order valence-corrected chi connectivity index (χ2v) is 3.89. The monoisotopic (exact) mass is 287 g/mol. The quantitative estimate of drug-likeness (QED) is 0.917. The molecule has 0 saturated carbocycles. The Kier molecular flexibility index (Phi) is 4.39. The third-order valence-corrected chi connectivity index (χ3v) is 2.52. The van der Waals surface area contributed by atoms with Gasteiger partial charge in [-0.1, -0.05) is 28.1 Å². The summed E-state index contributed by atoms with van der Waals surface area (Å²) in [5.41, 5.74) is 6.53. The van der Waals surface area contributed by atoms with Crippen molar-refractivity contribution in [2.45, 2.75) is 6.54 Å². The van der Waals surface area contributed by atoms with Gasteiger partial charge in [-0.2, -0.15) is 0 Å². The summed E-state index contributed by atoms with van der Waals surface area (Å²) in [6, 6.07) is 11.8. The second-order valence-electron chi connectivity index (χ2n) is 2.98. The molecule has 0 saturated heterocycles. The normalized spacial score (nSPS) is 9.73. The van der Waals surface area contributed by atoms with E-state index in [2.05, 4.69) is 15.9 Å². The van der Waals surface area contributed by atoms with Crippen LogP contribution in [0, 0.1) is 0 Å². The maximum atomic E-state index is 5.52. The van der Waals surface area contributed by atoms with Gasteiger partial charge in [0.25, 0.3) is 0 Å². The van der Waals surface area contributed by atoms with Crippen molar-refractivity contribution in [2.24, 2.45) is 5.73 Å². The summed E-state index contributed by atoms with van der Waals surface area (Å²) in [5.74, 6) is 1.67. The molecule has 15 heavy (non-hydrogen) atoms. The zero-order valence-electron chi connectivity index (χ0n) is 7.94. The minimum Gasteiger partial charge on any atom is -0.460 e. The van der Waals surface area contributed by atoms with Crippen LogP contribution in [-0.4, -0.2) is 0 Å². The first-order valence-corrected chi connectivity index (χ1v) is 5.13. The highest BCUT2D eigenvalue weighted by atomic mass is 79.9. The molecule has 0 unspecified atom stereocenters. The minimum absolute atomic E-state index is 0. The lowest BCUT2D eigenvalue weighted by Crippen LogP contribution is -1.92. The van der Waals surface area contributed by atoms with Crippen molar-refractivity contribution < 1.29 is 4.42 Å². The molecule has 0 aliphatic carbocycles. The second kappa shape index (κ2) is 5.35. The van der Waals surface area contributed by atoms with Crippen molar-refractivity contribution >= 4 is 28.3 Å². The highest BCUT2D eigenvalue weighted by Gasteiger charge is 2.02. The topological polar surface area (TPSA) is 39.2 Å². The van der Waals surface area contributed by atoms with Gasteiger partial charge in [-0.25, -0.2) is 0 Å². The first kappa shape index (κ1) is 12.3. The van der Waals surface area contributed by atoms with Gasteiger partial charge in [0.05, 0.1) is 6.54 Å². The predicted molar refractivity (Wildman–Crippen MR) is 67.0 cm³/mol. The van der Waals surface area contributed by atoms with Gasteiger partial charge >= 0.3 is 0 Å². The highest BCUT2D eigenvalue weighted by Crippen LogP contribution is 2.23. The lowest BCUT2D eigenvalue weighted by molar-refractivity contribution is 0.525. The standard InChI is InChI=1S/C11H10BrNO.ClH/c12-9-3-1-8(2-4-9)11-6-5-10(7-13)14-11;/h1-6H,7,13H2;1H. The average Bonchev–Trinajstić information content (AvgIpc) is 2.67. The first-order chi connectivity index (χ1) is 6.79. The summed E-state index contributed by atoms with van der Waals surface area (Å²) in [5, 5.41) is 0. The predicted octanol–water partition coefficient (Wildman–Crippen LogP) is 3.59. The van der Waals surface area contributed by atoms with Crippen molar-refractivity contribution in [1.29, 1.82) is 0 Å². The minimum atomic E-state index is 0. The molecule has 2 rings (SSSR count). The smallest absolute Gasteiger partial charge is 0.134 e. The molecule has 0 amide bonds. The Morgan fingerprint density at radius 3 is 2.27 bits per heavy atom. The van der Waals surface area contributed by atoms with E-state index in [1.165, 1.54) is 0 Å². The van der Waals surface area contributed by atoms with Crippen LogP contribution in [0.5, 0.6) is 0 Å². The van der Waals surface area contributed by atoms with Gasteiger partial charge in [-0.3, -0.25) is 0 Å². The van der Waals surface area contributed by atoms with E-state index in [1.54, 1.807) is 0 Å². The molecule has 1 aromatic carbocycles. The van der Waals surface area contributed by atoms with Crippen LogP contribution in [0.1, 0.15) is 5.76 Å². The SMILES string of the molecule is Cl.NCc1ccc(-c2ccc(Br)cc2)o1. The number of halogens is 2. The van der Waals surface area contributed by atoms with Crippen LogP contribution < -0.4 is 5.73 Å². The molecule has 0 aliphatic rings. The van der Waals surface area contributed by atoms with Gasteiger partial charge in [0.15, 0.2) is 0 Å². The molecule has 80 valence electrons. The molecule has 2 nitrogen and oxygen atoms in total. The summed E-state index contributed by atoms with van der Waals surface area (Å²) in [6.07, 6.45) is 0. The first-order valence-electron chi connectivity index (χ1n) is 4.34. The molecule has 1 aromatic heterocycles. The van der Waals surface area contributed by atoms with Gasteiger partial charge in [-0.15, -0.1) is 12.4 Å². The van der Waals surface area contributed by atoms with Gasteiger partial charge in [0.2, 0.25) is 0 Å². The third kappa shape index (κ3) is 2.84. The lowest BCUT2D eigenvalue weighted by Gasteiger charge is -1.96. The van der Waals surface area contributed by atoms with Crippen LogP contribution in [0.3, 0.4) is 0 Å². The number of hydrogen-bond donors (Lipinski definition) is 1. The van der Waals surface area contributed by atoms with E-state index in [-0.39, 0.29) is 12.4 Å². The molecular formula is C11H11BrClNO. The van der Waals surface area contributed by atoms with Crippen LogP contribution in [0.25, 0.3) is 11.3 Å². The number of hydrogen-bond acceptors (Lipinski definition) is 2. The molecule has 0 fully saturated rings. The van der Waals surface area contributed by atoms with Crippen LogP contribution in [0.4, 0.5) is 0 Å². The van der Waals surface area contributed by atoms with Crippen molar-refractivity contribution in [3.8, 4) is 11.3 Å². The maximum absolute atomic E-state index is 5.52. The molecular weight excluding hydrogens is 277 g/mol. The Bertz CT molecular complexity index is 424. The zero-order chi connectivity index (χ0) is 9.97. The summed E-state index contributed by atoms with van der Waals surface area (Å²) in [4.78, 5) is 0. The number of benzene rings is 1. The maximum Gasteiger partial charge on any atom is 0.134 e. The summed E-state index contributed by atoms with van der Waals surface area (Å²) >= 11 is 3.39. The molecule has 4 heteroatoms. The van der Waals surface area contributed by atoms with E-state index >= 15 is 0 Å². The molecule has 0 radical (unpaired) electrons. The average molecular weight is 289 g/mol. The fraction of sp³-hybridized carbons (Fsp3) is 0.0909. The van der Waals surface area contributed by atoms with Crippen LogP contribution >= 0.6 is 28.3 Å². The van der Waals surface area contributed by atoms with E-state index in [1.807, 2.05) is 36.4 Å². The van der Waals surface area contributed by atoms with Crippen molar-refractivity contribution in [1.82, 2.24) is 0 Å². The molecule has 0 atom stereocenters. The van der Waals surface area contributed by atoms with Crippen LogP contribution in [0.15, 0.2) is 45.3 Å².